The van der Waals surface area contributed by atoms with Gasteiger partial charge in [-0.15, -0.1) is 0 Å². The Balaban J connectivity index is 4.61. The van der Waals surface area contributed by atoms with Crippen LogP contribution in [0.2, 0.25) is 0 Å². The highest BCUT2D eigenvalue weighted by Gasteiger charge is 2.65. The van der Waals surface area contributed by atoms with Crippen LogP contribution in [0.3, 0.4) is 0 Å². The van der Waals surface area contributed by atoms with Crippen molar-refractivity contribution in [2.24, 2.45) is 0 Å². The highest BCUT2D eigenvalue weighted by molar-refractivity contribution is 4.85. The molecular weight excluding hydrogens is 197 g/mol. The van der Waals surface area contributed by atoms with Crippen LogP contribution in [-0.2, 0) is 0 Å². The Bertz CT molecular complexity index is 150. The van der Waals surface area contributed by atoms with Crippen molar-refractivity contribution in [1.82, 2.24) is 0 Å². The molecule has 0 aromatic rings. The molecule has 0 aromatic carbocycles. The van der Waals surface area contributed by atoms with Gasteiger partial charge in [-0.05, 0) is 0 Å². The second-order valence-electron chi connectivity index (χ2n) is 1.90. The monoisotopic (exact) mass is 200 g/mol. The maximum Gasteiger partial charge on any atom is 0.456 e. The molecule has 0 saturated heterocycles. The van der Waals surface area contributed by atoms with Crippen LogP contribution in [0.4, 0.5) is 30.7 Å². The van der Waals surface area contributed by atoms with E-state index in [4.69, 9.17) is 5.11 Å². The Hall–Kier alpha value is -0.530. The summed E-state index contributed by atoms with van der Waals surface area (Å²) in [5.74, 6) is -5.87. The molecular formula is C4H3F7O. The van der Waals surface area contributed by atoms with Crippen molar-refractivity contribution in [3.8, 4) is 0 Å². The number of alkyl halides is 7. The Kier molecular flexibility index (Phi) is 2.94. The molecule has 0 aliphatic rings. The number of rotatable bonds is 2. The summed E-state index contributed by atoms with van der Waals surface area (Å²) in [6, 6.07) is 0. The van der Waals surface area contributed by atoms with E-state index in [-0.39, 0.29) is 0 Å². The SMILES string of the molecule is OC(F)C(F)C(F)(F)C(F)(F)F. The maximum atomic E-state index is 11.7. The van der Waals surface area contributed by atoms with Gasteiger partial charge in [-0.3, -0.25) is 0 Å². The van der Waals surface area contributed by atoms with Crippen molar-refractivity contribution >= 4 is 0 Å². The Labute approximate surface area is 61.8 Å². The molecule has 2 atom stereocenters. The van der Waals surface area contributed by atoms with Crippen LogP contribution >= 0.6 is 0 Å². The van der Waals surface area contributed by atoms with Crippen molar-refractivity contribution in [3.05, 3.63) is 0 Å². The molecule has 0 radical (unpaired) electrons. The molecule has 0 aromatic heterocycles. The summed E-state index contributed by atoms with van der Waals surface area (Å²) < 4.78 is 79.9. The van der Waals surface area contributed by atoms with Crippen LogP contribution in [0.15, 0.2) is 0 Å². The zero-order valence-electron chi connectivity index (χ0n) is 5.25. The van der Waals surface area contributed by atoms with E-state index in [1.54, 1.807) is 0 Å². The van der Waals surface area contributed by atoms with Gasteiger partial charge in [0.2, 0.25) is 12.5 Å². The molecule has 12 heavy (non-hydrogen) atoms. The fourth-order valence-electron chi connectivity index (χ4n) is 0.329. The minimum Gasteiger partial charge on any atom is -0.362 e. The molecule has 1 N–H and O–H groups in total. The van der Waals surface area contributed by atoms with E-state index in [2.05, 4.69) is 0 Å². The first kappa shape index (κ1) is 11.5. The first-order chi connectivity index (χ1) is 5.10. The highest BCUT2D eigenvalue weighted by atomic mass is 19.4. The normalized spacial score (nSPS) is 19.0. The number of hydrogen-bond donors (Lipinski definition) is 1. The van der Waals surface area contributed by atoms with Crippen molar-refractivity contribution in [3.63, 3.8) is 0 Å². The molecule has 0 rings (SSSR count). The van der Waals surface area contributed by atoms with E-state index in [1.807, 2.05) is 0 Å². The lowest BCUT2D eigenvalue weighted by Gasteiger charge is -2.22. The summed E-state index contributed by atoms with van der Waals surface area (Å²) in [6.07, 6.45) is -14.4. The molecule has 2 unspecified atom stereocenters. The molecule has 1 nitrogen and oxygen atoms in total. The van der Waals surface area contributed by atoms with Gasteiger partial charge in [0.25, 0.3) is 0 Å². The molecule has 74 valence electrons. The van der Waals surface area contributed by atoms with Crippen molar-refractivity contribution < 1.29 is 35.8 Å². The largest absolute Gasteiger partial charge is 0.456 e. The second-order valence-corrected chi connectivity index (χ2v) is 1.90. The smallest absolute Gasteiger partial charge is 0.362 e. The number of aliphatic hydroxyl groups excluding tert-OH is 1. The minimum absolute atomic E-state index is 3.86. The van der Waals surface area contributed by atoms with Crippen LogP contribution in [0, 0.1) is 0 Å². The number of halogens is 7. The number of aliphatic hydroxyl groups is 1. The Morgan fingerprint density at radius 1 is 0.917 bits per heavy atom. The summed E-state index contributed by atoms with van der Waals surface area (Å²) in [5.41, 5.74) is 0. The van der Waals surface area contributed by atoms with E-state index in [9.17, 15) is 30.7 Å². The van der Waals surface area contributed by atoms with Crippen LogP contribution in [-0.4, -0.2) is 29.7 Å². The summed E-state index contributed by atoms with van der Waals surface area (Å²) >= 11 is 0. The summed E-state index contributed by atoms with van der Waals surface area (Å²) in [4.78, 5) is 0. The summed E-state index contributed by atoms with van der Waals surface area (Å²) in [6.45, 7) is 0. The van der Waals surface area contributed by atoms with Gasteiger partial charge in [0.05, 0.1) is 0 Å². The van der Waals surface area contributed by atoms with Crippen molar-refractivity contribution in [2.45, 2.75) is 24.6 Å². The lowest BCUT2D eigenvalue weighted by molar-refractivity contribution is -0.319. The Morgan fingerprint density at radius 2 is 1.25 bits per heavy atom. The van der Waals surface area contributed by atoms with Gasteiger partial charge >= 0.3 is 12.1 Å². The average molecular weight is 200 g/mol. The molecule has 0 aliphatic carbocycles. The van der Waals surface area contributed by atoms with Gasteiger partial charge in [0.1, 0.15) is 0 Å². The summed E-state index contributed by atoms with van der Waals surface area (Å²) in [5, 5.41) is 7.50. The number of hydrogen-bond acceptors (Lipinski definition) is 1. The molecule has 0 heterocycles. The van der Waals surface area contributed by atoms with Crippen molar-refractivity contribution in [1.29, 1.82) is 0 Å². The molecule has 0 saturated carbocycles. The molecule has 0 spiro atoms. The standard InChI is InChI=1S/C4H3F7O/c5-1(2(6)12)3(7,8)4(9,10)11/h1-2,12H. The van der Waals surface area contributed by atoms with E-state index < -0.39 is 24.6 Å². The van der Waals surface area contributed by atoms with E-state index in [0.29, 0.717) is 0 Å². The topological polar surface area (TPSA) is 20.2 Å². The highest BCUT2D eigenvalue weighted by Crippen LogP contribution is 2.40. The average Bonchev–Trinajstić information content (AvgIpc) is 1.83. The second kappa shape index (κ2) is 3.08. The van der Waals surface area contributed by atoms with Gasteiger partial charge in [-0.25, -0.2) is 8.78 Å². The fourth-order valence-corrected chi connectivity index (χ4v) is 0.329. The van der Waals surface area contributed by atoms with Gasteiger partial charge in [-0.1, -0.05) is 0 Å². The van der Waals surface area contributed by atoms with Crippen LogP contribution in [0.5, 0.6) is 0 Å². The third-order valence-corrected chi connectivity index (χ3v) is 0.966. The van der Waals surface area contributed by atoms with Gasteiger partial charge in [-0.2, -0.15) is 22.0 Å². The molecule has 0 aliphatic heterocycles. The maximum absolute atomic E-state index is 11.7. The van der Waals surface area contributed by atoms with E-state index >= 15 is 0 Å². The zero-order valence-corrected chi connectivity index (χ0v) is 5.25. The third kappa shape index (κ3) is 1.99. The third-order valence-electron chi connectivity index (χ3n) is 0.966. The predicted octanol–water partition coefficient (Wildman–Crippen LogP) is 1.81. The predicted molar refractivity (Wildman–Crippen MR) is 23.0 cm³/mol. The first-order valence-corrected chi connectivity index (χ1v) is 2.51. The quantitative estimate of drug-likeness (QED) is 0.674. The lowest BCUT2D eigenvalue weighted by Crippen LogP contribution is -2.48. The molecule has 8 heteroatoms. The lowest BCUT2D eigenvalue weighted by atomic mass is 10.2. The molecule has 0 bridgehead atoms. The first-order valence-electron chi connectivity index (χ1n) is 2.51. The fraction of sp³-hybridized carbons (Fsp3) is 1.00. The molecule has 0 fully saturated rings. The van der Waals surface area contributed by atoms with Crippen LogP contribution < -0.4 is 0 Å². The van der Waals surface area contributed by atoms with E-state index in [1.165, 1.54) is 0 Å². The van der Waals surface area contributed by atoms with Crippen LogP contribution in [0.1, 0.15) is 0 Å². The van der Waals surface area contributed by atoms with E-state index in [0.717, 1.165) is 0 Å². The minimum atomic E-state index is -6.21. The zero-order chi connectivity index (χ0) is 10.2. The van der Waals surface area contributed by atoms with Crippen molar-refractivity contribution in [2.75, 3.05) is 0 Å². The summed E-state index contributed by atoms with van der Waals surface area (Å²) in [7, 11) is 0. The molecule has 0 amide bonds. The van der Waals surface area contributed by atoms with Crippen LogP contribution in [0.25, 0.3) is 0 Å². The van der Waals surface area contributed by atoms with Gasteiger partial charge in [0, 0.05) is 0 Å². The van der Waals surface area contributed by atoms with Gasteiger partial charge in [0.15, 0.2) is 0 Å². The van der Waals surface area contributed by atoms with Gasteiger partial charge < -0.3 is 5.11 Å². The Morgan fingerprint density at radius 3 is 1.33 bits per heavy atom.